The Hall–Kier alpha value is -0.860. The summed E-state index contributed by atoms with van der Waals surface area (Å²) in [4.78, 5) is 0. The number of fused-ring (bicyclic) bond motifs is 1. The van der Waals surface area contributed by atoms with Crippen LogP contribution in [0, 0.1) is 5.92 Å². The van der Waals surface area contributed by atoms with Gasteiger partial charge in [0, 0.05) is 0 Å². The van der Waals surface area contributed by atoms with Gasteiger partial charge in [0.05, 0.1) is 12.2 Å². The van der Waals surface area contributed by atoms with Gasteiger partial charge >= 0.3 is 0 Å². The van der Waals surface area contributed by atoms with Crippen molar-refractivity contribution < 1.29 is 10.2 Å². The fourth-order valence-electron chi connectivity index (χ4n) is 2.77. The predicted molar refractivity (Wildman–Crippen MR) is 68.7 cm³/mol. The first kappa shape index (κ1) is 12.6. The van der Waals surface area contributed by atoms with Crippen molar-refractivity contribution in [2.75, 3.05) is 0 Å². The summed E-state index contributed by atoms with van der Waals surface area (Å²) in [5.41, 5.74) is 2.39. The van der Waals surface area contributed by atoms with Crippen molar-refractivity contribution in [2.45, 2.75) is 51.2 Å². The minimum absolute atomic E-state index is 0.263. The third-order valence-electron chi connectivity index (χ3n) is 3.80. The molecule has 1 aliphatic carbocycles. The molecule has 3 unspecified atom stereocenters. The summed E-state index contributed by atoms with van der Waals surface area (Å²) in [7, 11) is 0. The molecule has 0 fully saturated rings. The molecule has 2 N–H and O–H groups in total. The van der Waals surface area contributed by atoms with Crippen LogP contribution in [0.5, 0.6) is 0 Å². The highest BCUT2D eigenvalue weighted by Gasteiger charge is 2.25. The number of aliphatic hydroxyl groups excluding tert-OH is 2. The second kappa shape index (κ2) is 5.65. The number of hydrogen-bond acceptors (Lipinski definition) is 2. The van der Waals surface area contributed by atoms with Gasteiger partial charge in [0.25, 0.3) is 0 Å². The van der Waals surface area contributed by atoms with Crippen LogP contribution in [-0.2, 0) is 6.42 Å². The van der Waals surface area contributed by atoms with Crippen molar-refractivity contribution in [1.29, 1.82) is 0 Å². The monoisotopic (exact) mass is 234 g/mol. The Bertz CT molecular complexity index is 360. The fraction of sp³-hybridized carbons (Fsp3) is 0.600. The van der Waals surface area contributed by atoms with E-state index >= 15 is 0 Å². The van der Waals surface area contributed by atoms with Gasteiger partial charge < -0.3 is 10.2 Å². The minimum atomic E-state index is -0.354. The molecular weight excluding hydrogens is 212 g/mol. The first-order chi connectivity index (χ1) is 8.18. The number of hydrogen-bond donors (Lipinski definition) is 2. The number of aryl methyl sites for hydroxylation is 1. The van der Waals surface area contributed by atoms with E-state index in [2.05, 4.69) is 6.07 Å². The summed E-state index contributed by atoms with van der Waals surface area (Å²) in [5, 5.41) is 19.8. The van der Waals surface area contributed by atoms with Crippen molar-refractivity contribution in [3.05, 3.63) is 35.4 Å². The zero-order valence-electron chi connectivity index (χ0n) is 10.5. The summed E-state index contributed by atoms with van der Waals surface area (Å²) in [6.45, 7) is 1.82. The standard InChI is InChI=1S/C15H22O2/c1-11(16)9-10-13-7-4-6-12-5-2-3-8-14(12)15(13)17/h2-3,5,8,11,13,15-17H,4,6-7,9-10H2,1H3. The topological polar surface area (TPSA) is 40.5 Å². The largest absolute Gasteiger partial charge is 0.393 e. The summed E-state index contributed by atoms with van der Waals surface area (Å²) in [6.07, 6.45) is 4.34. The van der Waals surface area contributed by atoms with Crippen LogP contribution in [0.2, 0.25) is 0 Å². The Morgan fingerprint density at radius 1 is 1.35 bits per heavy atom. The highest BCUT2D eigenvalue weighted by molar-refractivity contribution is 5.30. The molecule has 2 heteroatoms. The van der Waals surface area contributed by atoms with Gasteiger partial charge in [-0.05, 0) is 56.1 Å². The predicted octanol–water partition coefficient (Wildman–Crippen LogP) is 2.83. The van der Waals surface area contributed by atoms with Crippen LogP contribution >= 0.6 is 0 Å². The summed E-state index contributed by atoms with van der Waals surface area (Å²) >= 11 is 0. The molecule has 1 aromatic carbocycles. The molecule has 1 aromatic rings. The summed E-state index contributed by atoms with van der Waals surface area (Å²) < 4.78 is 0. The molecule has 0 radical (unpaired) electrons. The molecule has 2 rings (SSSR count). The van der Waals surface area contributed by atoms with Gasteiger partial charge in [-0.15, -0.1) is 0 Å². The van der Waals surface area contributed by atoms with E-state index in [1.807, 2.05) is 25.1 Å². The molecule has 0 aliphatic heterocycles. The van der Waals surface area contributed by atoms with Gasteiger partial charge in [-0.1, -0.05) is 24.3 Å². The molecule has 0 saturated heterocycles. The first-order valence-corrected chi connectivity index (χ1v) is 6.62. The van der Waals surface area contributed by atoms with Crippen molar-refractivity contribution in [3.63, 3.8) is 0 Å². The van der Waals surface area contributed by atoms with Crippen molar-refractivity contribution in [2.24, 2.45) is 5.92 Å². The van der Waals surface area contributed by atoms with Crippen LogP contribution in [0.25, 0.3) is 0 Å². The maximum absolute atomic E-state index is 10.4. The third kappa shape index (κ3) is 3.08. The van der Waals surface area contributed by atoms with E-state index in [1.165, 1.54) is 5.56 Å². The highest BCUT2D eigenvalue weighted by atomic mass is 16.3. The Labute approximate surface area is 103 Å². The molecule has 0 aromatic heterocycles. The van der Waals surface area contributed by atoms with Crippen molar-refractivity contribution in [3.8, 4) is 0 Å². The zero-order valence-corrected chi connectivity index (χ0v) is 10.5. The normalized spacial score (nSPS) is 26.1. The molecule has 0 saturated carbocycles. The van der Waals surface area contributed by atoms with Crippen LogP contribution in [0.1, 0.15) is 49.8 Å². The number of rotatable bonds is 3. The van der Waals surface area contributed by atoms with E-state index in [9.17, 15) is 10.2 Å². The maximum atomic E-state index is 10.4. The van der Waals surface area contributed by atoms with Crippen molar-refractivity contribution in [1.82, 2.24) is 0 Å². The molecular formula is C15H22O2. The fourth-order valence-corrected chi connectivity index (χ4v) is 2.77. The maximum Gasteiger partial charge on any atom is 0.0820 e. The van der Waals surface area contributed by atoms with Crippen LogP contribution in [0.4, 0.5) is 0 Å². The van der Waals surface area contributed by atoms with Gasteiger partial charge in [0.15, 0.2) is 0 Å². The Morgan fingerprint density at radius 3 is 2.88 bits per heavy atom. The van der Waals surface area contributed by atoms with E-state index in [0.29, 0.717) is 5.92 Å². The number of aliphatic hydroxyl groups is 2. The van der Waals surface area contributed by atoms with Gasteiger partial charge in [-0.25, -0.2) is 0 Å². The lowest BCUT2D eigenvalue weighted by atomic mass is 9.89. The molecule has 17 heavy (non-hydrogen) atoms. The van der Waals surface area contributed by atoms with Crippen LogP contribution in [0.3, 0.4) is 0 Å². The minimum Gasteiger partial charge on any atom is -0.393 e. The molecule has 0 heterocycles. The average molecular weight is 234 g/mol. The highest BCUT2D eigenvalue weighted by Crippen LogP contribution is 2.35. The average Bonchev–Trinajstić information content (AvgIpc) is 2.47. The molecule has 2 nitrogen and oxygen atoms in total. The first-order valence-electron chi connectivity index (χ1n) is 6.62. The number of benzene rings is 1. The molecule has 0 bridgehead atoms. The van der Waals surface area contributed by atoms with E-state index in [1.54, 1.807) is 0 Å². The van der Waals surface area contributed by atoms with Gasteiger partial charge in [-0.3, -0.25) is 0 Å². The van der Waals surface area contributed by atoms with E-state index < -0.39 is 0 Å². The summed E-state index contributed by atoms with van der Waals surface area (Å²) in [5.74, 6) is 0.299. The Balaban J connectivity index is 2.11. The molecule has 1 aliphatic rings. The van der Waals surface area contributed by atoms with Crippen LogP contribution in [-0.4, -0.2) is 16.3 Å². The smallest absolute Gasteiger partial charge is 0.0820 e. The van der Waals surface area contributed by atoms with E-state index in [-0.39, 0.29) is 12.2 Å². The molecule has 0 amide bonds. The van der Waals surface area contributed by atoms with Crippen LogP contribution < -0.4 is 0 Å². The second-order valence-corrected chi connectivity index (χ2v) is 5.22. The van der Waals surface area contributed by atoms with Gasteiger partial charge in [0.1, 0.15) is 0 Å². The summed E-state index contributed by atoms with van der Waals surface area (Å²) in [6, 6.07) is 8.21. The third-order valence-corrected chi connectivity index (χ3v) is 3.80. The van der Waals surface area contributed by atoms with Crippen molar-refractivity contribution >= 4 is 0 Å². The quantitative estimate of drug-likeness (QED) is 0.789. The Morgan fingerprint density at radius 2 is 2.12 bits per heavy atom. The van der Waals surface area contributed by atoms with E-state index in [4.69, 9.17) is 0 Å². The van der Waals surface area contributed by atoms with E-state index in [0.717, 1.165) is 37.7 Å². The van der Waals surface area contributed by atoms with Gasteiger partial charge in [-0.2, -0.15) is 0 Å². The zero-order chi connectivity index (χ0) is 12.3. The van der Waals surface area contributed by atoms with Crippen LogP contribution in [0.15, 0.2) is 24.3 Å². The lowest BCUT2D eigenvalue weighted by Crippen LogP contribution is -2.14. The lowest BCUT2D eigenvalue weighted by molar-refractivity contribution is 0.0856. The molecule has 3 atom stereocenters. The molecule has 0 spiro atoms. The Kier molecular flexibility index (Phi) is 4.19. The lowest BCUT2D eigenvalue weighted by Gasteiger charge is -2.22. The second-order valence-electron chi connectivity index (χ2n) is 5.22. The SMILES string of the molecule is CC(O)CCC1CCCc2ccccc2C1O. The molecule has 94 valence electrons. The van der Waals surface area contributed by atoms with Gasteiger partial charge in [0.2, 0.25) is 0 Å².